The number of sulfonamides is 1. The third kappa shape index (κ3) is 5.01. The van der Waals surface area contributed by atoms with Crippen molar-refractivity contribution in [3.63, 3.8) is 0 Å². The van der Waals surface area contributed by atoms with E-state index >= 15 is 0 Å². The number of pyridine rings is 1. The average molecular weight is 416 g/mol. The monoisotopic (exact) mass is 415 g/mol. The van der Waals surface area contributed by atoms with Gasteiger partial charge in [-0.05, 0) is 57.5 Å². The van der Waals surface area contributed by atoms with Crippen molar-refractivity contribution in [1.29, 1.82) is 0 Å². The molecule has 0 amide bonds. The maximum absolute atomic E-state index is 12.4. The minimum Gasteiger partial charge on any atom is -0.443 e. The van der Waals surface area contributed by atoms with Gasteiger partial charge in [0.05, 0.1) is 0 Å². The van der Waals surface area contributed by atoms with Crippen molar-refractivity contribution in [2.24, 2.45) is 0 Å². The number of hydrogen-bond acceptors (Lipinski definition) is 5. The molecule has 27 heavy (non-hydrogen) atoms. The zero-order valence-electron chi connectivity index (χ0n) is 15.6. The standard InChI is InChI=1S/C18H25N3O4S.ClH/c1-3-14-12-15(13(2)20-18(14)22)16-6-7-17(25-16)26(23,24)19-8-11-21-9-4-5-10-21;/h6-7,12,19H,3-5,8-11H2,1-2H3,(H,20,22);1H. The normalized spacial score (nSPS) is 15.0. The Hall–Kier alpha value is -1.61. The fourth-order valence-corrected chi connectivity index (χ4v) is 4.16. The third-order valence-electron chi connectivity index (χ3n) is 4.73. The first-order chi connectivity index (χ1) is 12.4. The number of hydrogen-bond donors (Lipinski definition) is 2. The number of rotatable bonds is 7. The second-order valence-corrected chi connectivity index (χ2v) is 8.28. The first-order valence-electron chi connectivity index (χ1n) is 8.95. The molecule has 9 heteroatoms. The summed E-state index contributed by atoms with van der Waals surface area (Å²) in [6, 6.07) is 4.82. The van der Waals surface area contributed by atoms with E-state index in [2.05, 4.69) is 14.6 Å². The van der Waals surface area contributed by atoms with E-state index < -0.39 is 10.0 Å². The molecule has 1 fully saturated rings. The summed E-state index contributed by atoms with van der Waals surface area (Å²) in [4.78, 5) is 16.9. The van der Waals surface area contributed by atoms with Crippen molar-refractivity contribution in [1.82, 2.24) is 14.6 Å². The summed E-state index contributed by atoms with van der Waals surface area (Å²) < 4.78 is 33.0. The molecule has 2 aromatic rings. The van der Waals surface area contributed by atoms with E-state index in [-0.39, 0.29) is 23.1 Å². The molecule has 2 N–H and O–H groups in total. The minimum absolute atomic E-state index is 0. The van der Waals surface area contributed by atoms with E-state index in [4.69, 9.17) is 4.42 Å². The van der Waals surface area contributed by atoms with Crippen LogP contribution in [0.5, 0.6) is 0 Å². The van der Waals surface area contributed by atoms with Gasteiger partial charge >= 0.3 is 0 Å². The number of H-pyrrole nitrogens is 1. The van der Waals surface area contributed by atoms with Crippen LogP contribution < -0.4 is 10.3 Å². The van der Waals surface area contributed by atoms with Gasteiger partial charge in [-0.2, -0.15) is 0 Å². The van der Waals surface area contributed by atoms with Crippen molar-refractivity contribution in [2.75, 3.05) is 26.2 Å². The number of halogens is 1. The van der Waals surface area contributed by atoms with Crippen LogP contribution in [0.15, 0.2) is 32.5 Å². The number of aromatic amines is 1. The van der Waals surface area contributed by atoms with Crippen LogP contribution in [0.4, 0.5) is 0 Å². The summed E-state index contributed by atoms with van der Waals surface area (Å²) in [5.41, 5.74) is 1.85. The predicted octanol–water partition coefficient (Wildman–Crippen LogP) is 2.30. The highest BCUT2D eigenvalue weighted by Gasteiger charge is 2.21. The lowest BCUT2D eigenvalue weighted by atomic mass is 10.1. The number of aryl methyl sites for hydroxylation is 2. The van der Waals surface area contributed by atoms with Crippen LogP contribution in [0.2, 0.25) is 0 Å². The van der Waals surface area contributed by atoms with E-state index in [0.717, 1.165) is 13.1 Å². The summed E-state index contributed by atoms with van der Waals surface area (Å²) in [6.45, 7) is 6.77. The summed E-state index contributed by atoms with van der Waals surface area (Å²) in [5, 5.41) is -0.113. The van der Waals surface area contributed by atoms with E-state index in [1.807, 2.05) is 6.92 Å². The molecule has 2 aromatic heterocycles. The Morgan fingerprint density at radius 2 is 1.96 bits per heavy atom. The molecule has 3 rings (SSSR count). The SMILES string of the molecule is CCc1cc(-c2ccc(S(=O)(=O)NCCN3CCCC3)o2)c(C)[nH]c1=O.Cl. The van der Waals surface area contributed by atoms with Gasteiger partial charge in [-0.25, -0.2) is 13.1 Å². The first-order valence-corrected chi connectivity index (χ1v) is 10.4. The number of aromatic nitrogens is 1. The van der Waals surface area contributed by atoms with Crippen molar-refractivity contribution in [3.05, 3.63) is 39.8 Å². The Morgan fingerprint density at radius 3 is 2.63 bits per heavy atom. The molecule has 0 atom stereocenters. The molecule has 0 bridgehead atoms. The topological polar surface area (TPSA) is 95.4 Å². The molecule has 0 spiro atoms. The molecule has 7 nitrogen and oxygen atoms in total. The number of nitrogens with one attached hydrogen (secondary N) is 2. The summed E-state index contributed by atoms with van der Waals surface area (Å²) >= 11 is 0. The van der Waals surface area contributed by atoms with Crippen LogP contribution in [0, 0.1) is 6.92 Å². The molecule has 0 unspecified atom stereocenters. The molecular formula is C18H26ClN3O4S. The molecule has 0 saturated carbocycles. The Bertz CT molecular complexity index is 930. The lowest BCUT2D eigenvalue weighted by molar-refractivity contribution is 0.343. The Morgan fingerprint density at radius 1 is 1.26 bits per heavy atom. The predicted molar refractivity (Wildman–Crippen MR) is 107 cm³/mol. The van der Waals surface area contributed by atoms with Gasteiger partial charge in [0.15, 0.2) is 0 Å². The molecule has 150 valence electrons. The second kappa shape index (κ2) is 9.05. The molecule has 0 aromatic carbocycles. The largest absolute Gasteiger partial charge is 0.443 e. The van der Waals surface area contributed by atoms with Crippen molar-refractivity contribution < 1.29 is 12.8 Å². The van der Waals surface area contributed by atoms with Gasteiger partial charge in [-0.15, -0.1) is 12.4 Å². The highest BCUT2D eigenvalue weighted by molar-refractivity contribution is 7.89. The molecule has 1 saturated heterocycles. The Kier molecular flexibility index (Phi) is 7.27. The first kappa shape index (κ1) is 21.7. The van der Waals surface area contributed by atoms with Crippen LogP contribution in [-0.2, 0) is 16.4 Å². The van der Waals surface area contributed by atoms with Gasteiger partial charge in [0, 0.05) is 29.9 Å². The smallest absolute Gasteiger partial charge is 0.274 e. The molecule has 0 radical (unpaired) electrons. The number of likely N-dealkylation sites (tertiary alicyclic amines) is 1. The van der Waals surface area contributed by atoms with Crippen LogP contribution >= 0.6 is 12.4 Å². The Labute approximate surface area is 165 Å². The van der Waals surface area contributed by atoms with Gasteiger partial charge < -0.3 is 14.3 Å². The third-order valence-corrected chi connectivity index (χ3v) is 6.06. The highest BCUT2D eigenvalue weighted by atomic mass is 35.5. The molecule has 1 aliphatic heterocycles. The maximum Gasteiger partial charge on any atom is 0.274 e. The number of furan rings is 1. The minimum atomic E-state index is -3.69. The quantitative estimate of drug-likeness (QED) is 0.723. The fraction of sp³-hybridized carbons (Fsp3) is 0.500. The maximum atomic E-state index is 12.4. The highest BCUT2D eigenvalue weighted by Crippen LogP contribution is 2.26. The van der Waals surface area contributed by atoms with Gasteiger partial charge in [0.2, 0.25) is 5.09 Å². The van der Waals surface area contributed by atoms with Crippen molar-refractivity contribution >= 4 is 22.4 Å². The average Bonchev–Trinajstić information content (AvgIpc) is 3.26. The van der Waals surface area contributed by atoms with E-state index in [1.54, 1.807) is 19.1 Å². The molecule has 0 aliphatic carbocycles. The number of nitrogens with zero attached hydrogens (tertiary/aromatic N) is 1. The van der Waals surface area contributed by atoms with Crippen LogP contribution in [0.1, 0.15) is 31.0 Å². The Balaban J connectivity index is 0.00000261. The zero-order valence-corrected chi connectivity index (χ0v) is 17.2. The summed E-state index contributed by atoms with van der Waals surface area (Å²) in [5.74, 6) is 0.424. The van der Waals surface area contributed by atoms with Gasteiger partial charge in [0.1, 0.15) is 5.76 Å². The molecule has 3 heterocycles. The lowest BCUT2D eigenvalue weighted by Gasteiger charge is -2.14. The van der Waals surface area contributed by atoms with Crippen molar-refractivity contribution in [2.45, 2.75) is 38.2 Å². The van der Waals surface area contributed by atoms with E-state index in [9.17, 15) is 13.2 Å². The van der Waals surface area contributed by atoms with E-state index in [0.29, 0.717) is 42.1 Å². The lowest BCUT2D eigenvalue weighted by Crippen LogP contribution is -2.33. The van der Waals surface area contributed by atoms with Crippen LogP contribution in [0.3, 0.4) is 0 Å². The van der Waals surface area contributed by atoms with Gasteiger partial charge in [0.25, 0.3) is 15.6 Å². The molecular weight excluding hydrogens is 390 g/mol. The van der Waals surface area contributed by atoms with Crippen molar-refractivity contribution in [3.8, 4) is 11.3 Å². The fourth-order valence-electron chi connectivity index (χ4n) is 3.21. The van der Waals surface area contributed by atoms with E-state index in [1.165, 1.54) is 18.9 Å². The zero-order chi connectivity index (χ0) is 18.7. The second-order valence-electron chi connectivity index (χ2n) is 6.58. The molecule has 1 aliphatic rings. The van der Waals surface area contributed by atoms with Gasteiger partial charge in [-0.3, -0.25) is 4.79 Å². The summed E-state index contributed by atoms with van der Waals surface area (Å²) in [6.07, 6.45) is 2.94. The van der Waals surface area contributed by atoms with Crippen LogP contribution in [-0.4, -0.2) is 44.5 Å². The summed E-state index contributed by atoms with van der Waals surface area (Å²) in [7, 11) is -3.69. The van der Waals surface area contributed by atoms with Crippen LogP contribution in [0.25, 0.3) is 11.3 Å². The van der Waals surface area contributed by atoms with Gasteiger partial charge in [-0.1, -0.05) is 6.92 Å².